The number of halogens is 2. The summed E-state index contributed by atoms with van der Waals surface area (Å²) in [7, 11) is 0. The number of aliphatic hydroxyl groups is 1. The smallest absolute Gasteiger partial charge is 0.251 e. The number of rotatable bonds is 4. The molecule has 0 radical (unpaired) electrons. The number of carbonyl (C=O) groups excluding carboxylic acids is 1. The maximum atomic E-state index is 13.0. The van der Waals surface area contributed by atoms with Crippen LogP contribution in [0.1, 0.15) is 22.2 Å². The molecule has 0 spiro atoms. The Morgan fingerprint density at radius 3 is 2.70 bits per heavy atom. The van der Waals surface area contributed by atoms with Crippen molar-refractivity contribution in [3.8, 4) is 0 Å². The molecule has 0 fully saturated rings. The van der Waals surface area contributed by atoms with Gasteiger partial charge in [-0.2, -0.15) is 0 Å². The summed E-state index contributed by atoms with van der Waals surface area (Å²) in [6.07, 6.45) is 0. The normalized spacial score (nSPS) is 13.8. The van der Waals surface area contributed by atoms with Gasteiger partial charge in [0.15, 0.2) is 11.6 Å². The largest absolute Gasteiger partial charge is 0.383 e. The van der Waals surface area contributed by atoms with Gasteiger partial charge in [-0.1, -0.05) is 6.07 Å². The van der Waals surface area contributed by atoms with Crippen LogP contribution in [0.2, 0.25) is 0 Å². The molecule has 2 N–H and O–H groups in total. The van der Waals surface area contributed by atoms with E-state index in [2.05, 4.69) is 5.32 Å². The van der Waals surface area contributed by atoms with Crippen molar-refractivity contribution in [3.63, 3.8) is 0 Å². The Morgan fingerprint density at radius 1 is 1.35 bits per heavy atom. The third-order valence-corrected chi connectivity index (χ3v) is 3.95. The summed E-state index contributed by atoms with van der Waals surface area (Å²) in [4.78, 5) is 12.5. The first kappa shape index (κ1) is 14.6. The summed E-state index contributed by atoms with van der Waals surface area (Å²) in [6, 6.07) is 6.46. The van der Waals surface area contributed by atoms with Crippen molar-refractivity contribution in [2.24, 2.45) is 0 Å². The van der Waals surface area contributed by atoms with Gasteiger partial charge in [-0.15, -0.1) is 11.3 Å². The van der Waals surface area contributed by atoms with Crippen molar-refractivity contribution >= 4 is 17.2 Å². The van der Waals surface area contributed by atoms with Gasteiger partial charge in [0, 0.05) is 10.4 Å². The fourth-order valence-corrected chi connectivity index (χ4v) is 2.45. The number of benzene rings is 1. The van der Waals surface area contributed by atoms with Crippen LogP contribution < -0.4 is 5.32 Å². The molecular formula is C14H13F2NO2S. The summed E-state index contributed by atoms with van der Waals surface area (Å²) < 4.78 is 25.8. The second kappa shape index (κ2) is 5.68. The second-order valence-corrected chi connectivity index (χ2v) is 5.51. The standard InChI is InChI=1S/C14H13F2NO2S/c1-14(19,12-3-2-6-20-12)8-17-13(18)9-4-5-10(15)11(16)7-9/h2-7,19H,8H2,1H3,(H,17,18)/t14-/m1/s1. The van der Waals surface area contributed by atoms with Crippen LogP contribution in [0.4, 0.5) is 8.78 Å². The minimum Gasteiger partial charge on any atom is -0.383 e. The van der Waals surface area contributed by atoms with E-state index in [4.69, 9.17) is 0 Å². The molecule has 0 unspecified atom stereocenters. The first-order chi connectivity index (χ1) is 9.40. The molecule has 0 bridgehead atoms. The van der Waals surface area contributed by atoms with E-state index < -0.39 is 23.1 Å². The lowest BCUT2D eigenvalue weighted by atomic mass is 10.1. The second-order valence-electron chi connectivity index (χ2n) is 4.56. The fraction of sp³-hybridized carbons (Fsp3) is 0.214. The van der Waals surface area contributed by atoms with E-state index in [0.29, 0.717) is 4.88 Å². The zero-order valence-electron chi connectivity index (χ0n) is 10.7. The topological polar surface area (TPSA) is 49.3 Å². The quantitative estimate of drug-likeness (QED) is 0.911. The van der Waals surface area contributed by atoms with Crippen LogP contribution in [0.25, 0.3) is 0 Å². The minimum atomic E-state index is -1.21. The van der Waals surface area contributed by atoms with E-state index >= 15 is 0 Å². The highest BCUT2D eigenvalue weighted by Gasteiger charge is 2.25. The van der Waals surface area contributed by atoms with Crippen molar-refractivity contribution in [2.75, 3.05) is 6.54 Å². The highest BCUT2D eigenvalue weighted by Crippen LogP contribution is 2.24. The van der Waals surface area contributed by atoms with Crippen molar-refractivity contribution in [3.05, 3.63) is 57.8 Å². The predicted octanol–water partition coefficient (Wildman–Crippen LogP) is 2.66. The lowest BCUT2D eigenvalue weighted by Gasteiger charge is -2.22. The molecule has 0 aliphatic carbocycles. The molecule has 0 aliphatic rings. The molecule has 2 rings (SSSR count). The van der Waals surface area contributed by atoms with Crippen LogP contribution >= 0.6 is 11.3 Å². The molecule has 3 nitrogen and oxygen atoms in total. The molecular weight excluding hydrogens is 284 g/mol. The van der Waals surface area contributed by atoms with Gasteiger partial charge < -0.3 is 10.4 Å². The first-order valence-corrected chi connectivity index (χ1v) is 6.78. The van der Waals surface area contributed by atoms with Crippen LogP contribution in [0, 0.1) is 11.6 Å². The zero-order chi connectivity index (χ0) is 14.8. The molecule has 20 heavy (non-hydrogen) atoms. The Hall–Kier alpha value is -1.79. The van der Waals surface area contributed by atoms with E-state index in [9.17, 15) is 18.7 Å². The number of amides is 1. The van der Waals surface area contributed by atoms with Crippen LogP contribution in [0.5, 0.6) is 0 Å². The Bertz CT molecular complexity index is 612. The van der Waals surface area contributed by atoms with E-state index in [-0.39, 0.29) is 12.1 Å². The van der Waals surface area contributed by atoms with Gasteiger partial charge in [0.2, 0.25) is 0 Å². The summed E-state index contributed by atoms with van der Waals surface area (Å²) in [5.41, 5.74) is -1.20. The highest BCUT2D eigenvalue weighted by atomic mass is 32.1. The molecule has 0 saturated carbocycles. The van der Waals surface area contributed by atoms with Gasteiger partial charge in [0.1, 0.15) is 5.60 Å². The Balaban J connectivity index is 2.03. The molecule has 1 amide bonds. The molecule has 6 heteroatoms. The van der Waals surface area contributed by atoms with E-state index in [1.807, 2.05) is 5.38 Å². The lowest BCUT2D eigenvalue weighted by Crippen LogP contribution is -2.38. The third-order valence-electron chi connectivity index (χ3n) is 2.83. The van der Waals surface area contributed by atoms with Crippen LogP contribution in [-0.4, -0.2) is 17.6 Å². The number of carbonyl (C=O) groups is 1. The van der Waals surface area contributed by atoms with E-state index in [0.717, 1.165) is 12.1 Å². The van der Waals surface area contributed by atoms with Gasteiger partial charge >= 0.3 is 0 Å². The lowest BCUT2D eigenvalue weighted by molar-refractivity contribution is 0.0556. The number of hydrogen-bond donors (Lipinski definition) is 2. The zero-order valence-corrected chi connectivity index (χ0v) is 11.5. The predicted molar refractivity (Wildman–Crippen MR) is 72.6 cm³/mol. The Kier molecular flexibility index (Phi) is 4.15. The van der Waals surface area contributed by atoms with Gasteiger partial charge in [-0.25, -0.2) is 8.78 Å². The summed E-state index contributed by atoms with van der Waals surface area (Å²) >= 11 is 1.37. The van der Waals surface area contributed by atoms with Crippen molar-refractivity contribution in [2.45, 2.75) is 12.5 Å². The molecule has 0 aliphatic heterocycles. The maximum absolute atomic E-state index is 13.0. The maximum Gasteiger partial charge on any atom is 0.251 e. The van der Waals surface area contributed by atoms with Crippen molar-refractivity contribution < 1.29 is 18.7 Å². The summed E-state index contributed by atoms with van der Waals surface area (Å²) in [6.45, 7) is 1.55. The first-order valence-electron chi connectivity index (χ1n) is 5.90. The average molecular weight is 297 g/mol. The summed E-state index contributed by atoms with van der Waals surface area (Å²) in [5.74, 6) is -2.66. The Morgan fingerprint density at radius 2 is 2.10 bits per heavy atom. The molecule has 1 aromatic heterocycles. The highest BCUT2D eigenvalue weighted by molar-refractivity contribution is 7.10. The number of hydrogen-bond acceptors (Lipinski definition) is 3. The van der Waals surface area contributed by atoms with Crippen LogP contribution in [-0.2, 0) is 5.60 Å². The minimum absolute atomic E-state index is 0.00544. The van der Waals surface area contributed by atoms with E-state index in [1.165, 1.54) is 17.4 Å². The van der Waals surface area contributed by atoms with Crippen LogP contribution in [0.3, 0.4) is 0 Å². The molecule has 0 saturated heterocycles. The monoisotopic (exact) mass is 297 g/mol. The Labute approximate surface area is 118 Å². The fourth-order valence-electron chi connectivity index (χ4n) is 1.66. The molecule has 1 aromatic carbocycles. The third kappa shape index (κ3) is 3.20. The number of nitrogens with one attached hydrogen (secondary N) is 1. The summed E-state index contributed by atoms with van der Waals surface area (Å²) in [5, 5.41) is 14.6. The molecule has 1 atom stereocenters. The van der Waals surface area contributed by atoms with Gasteiger partial charge in [0.05, 0.1) is 6.54 Å². The average Bonchev–Trinajstić information content (AvgIpc) is 2.94. The molecule has 1 heterocycles. The number of thiophene rings is 1. The van der Waals surface area contributed by atoms with Gasteiger partial charge in [-0.3, -0.25) is 4.79 Å². The van der Waals surface area contributed by atoms with Crippen LogP contribution in [0.15, 0.2) is 35.7 Å². The van der Waals surface area contributed by atoms with Gasteiger partial charge in [0.25, 0.3) is 5.91 Å². The SMILES string of the molecule is C[C@@](O)(CNC(=O)c1ccc(F)c(F)c1)c1cccs1. The molecule has 106 valence electrons. The van der Waals surface area contributed by atoms with E-state index in [1.54, 1.807) is 19.1 Å². The molecule has 2 aromatic rings. The van der Waals surface area contributed by atoms with Crippen molar-refractivity contribution in [1.82, 2.24) is 5.32 Å². The van der Waals surface area contributed by atoms with Gasteiger partial charge in [-0.05, 0) is 36.6 Å². The van der Waals surface area contributed by atoms with Crippen molar-refractivity contribution in [1.29, 1.82) is 0 Å².